The number of carbonyl (C=O) groups is 1. The van der Waals surface area contributed by atoms with Gasteiger partial charge in [-0.25, -0.2) is 9.97 Å². The summed E-state index contributed by atoms with van der Waals surface area (Å²) in [5, 5.41) is 6.05. The molecule has 136 valence electrons. The van der Waals surface area contributed by atoms with Crippen molar-refractivity contribution in [2.24, 2.45) is 0 Å². The maximum Gasteiger partial charge on any atom is 0.246 e. The largest absolute Gasteiger partial charge is 0.425 e. The van der Waals surface area contributed by atoms with Gasteiger partial charge in [0.1, 0.15) is 6.54 Å². The predicted molar refractivity (Wildman–Crippen MR) is 103 cm³/mol. The lowest BCUT2D eigenvalue weighted by molar-refractivity contribution is -0.116. The number of anilines is 2. The Balaban J connectivity index is 1.56. The zero-order valence-corrected chi connectivity index (χ0v) is 14.8. The second kappa shape index (κ2) is 7.33. The van der Waals surface area contributed by atoms with Crippen molar-refractivity contribution < 1.29 is 9.21 Å². The van der Waals surface area contributed by atoms with Crippen molar-refractivity contribution in [1.29, 1.82) is 0 Å². The molecule has 2 aromatic heterocycles. The van der Waals surface area contributed by atoms with E-state index in [0.717, 1.165) is 16.6 Å². The van der Waals surface area contributed by atoms with Gasteiger partial charge in [-0.3, -0.25) is 10.1 Å². The Hall–Kier alpha value is -3.61. The molecule has 0 bridgehead atoms. The van der Waals surface area contributed by atoms with Gasteiger partial charge in [-0.05, 0) is 17.7 Å². The van der Waals surface area contributed by atoms with Crippen molar-refractivity contribution in [2.75, 3.05) is 10.6 Å². The summed E-state index contributed by atoms with van der Waals surface area (Å²) in [6.45, 7) is 2.45. The van der Waals surface area contributed by atoms with Crippen molar-refractivity contribution in [3.8, 4) is 0 Å². The van der Waals surface area contributed by atoms with Gasteiger partial charge in [-0.1, -0.05) is 42.5 Å². The molecule has 7 nitrogen and oxygen atoms in total. The first kappa shape index (κ1) is 16.8. The minimum Gasteiger partial charge on any atom is -0.425 e. The van der Waals surface area contributed by atoms with Gasteiger partial charge in [0, 0.05) is 13.5 Å². The molecule has 1 amide bonds. The highest BCUT2D eigenvalue weighted by Crippen LogP contribution is 2.20. The zero-order valence-electron chi connectivity index (χ0n) is 14.8. The van der Waals surface area contributed by atoms with Crippen LogP contribution < -0.4 is 10.6 Å². The Labute approximate surface area is 156 Å². The van der Waals surface area contributed by atoms with Crippen LogP contribution in [0.2, 0.25) is 0 Å². The number of nitrogens with zero attached hydrogens (tertiary/aromatic N) is 3. The number of hydrogen-bond acceptors (Lipinski definition) is 5. The second-order valence-electron chi connectivity index (χ2n) is 6.14. The molecule has 0 atom stereocenters. The highest BCUT2D eigenvalue weighted by atomic mass is 16.4. The Morgan fingerprint density at radius 1 is 1.11 bits per heavy atom. The van der Waals surface area contributed by atoms with E-state index in [1.807, 2.05) is 59.2 Å². The van der Waals surface area contributed by atoms with Crippen molar-refractivity contribution in [3.05, 3.63) is 72.2 Å². The Kier molecular flexibility index (Phi) is 4.57. The van der Waals surface area contributed by atoms with Crippen LogP contribution in [0.25, 0.3) is 11.0 Å². The summed E-state index contributed by atoms with van der Waals surface area (Å²) < 4.78 is 7.17. The van der Waals surface area contributed by atoms with Gasteiger partial charge >= 0.3 is 0 Å². The number of nitrogens with one attached hydrogen (secondary N) is 2. The van der Waals surface area contributed by atoms with Crippen LogP contribution in [0.1, 0.15) is 11.5 Å². The maximum atomic E-state index is 12.5. The van der Waals surface area contributed by atoms with Crippen LogP contribution in [-0.2, 0) is 17.9 Å². The predicted octanol–water partition coefficient (Wildman–Crippen LogP) is 3.58. The molecule has 2 heterocycles. The monoisotopic (exact) mass is 361 g/mol. The van der Waals surface area contributed by atoms with Crippen LogP contribution in [0.15, 0.2) is 65.2 Å². The third kappa shape index (κ3) is 3.82. The molecule has 0 aliphatic rings. The van der Waals surface area contributed by atoms with Crippen molar-refractivity contribution in [3.63, 3.8) is 0 Å². The molecule has 0 spiro atoms. The van der Waals surface area contributed by atoms with E-state index < -0.39 is 0 Å². The molecule has 0 aliphatic carbocycles. The number of para-hydroxylation sites is 2. The normalized spacial score (nSPS) is 10.9. The average molecular weight is 361 g/mol. The third-order valence-corrected chi connectivity index (χ3v) is 4.13. The summed E-state index contributed by atoms with van der Waals surface area (Å²) in [7, 11) is 0. The number of oxazole rings is 1. The number of amides is 1. The van der Waals surface area contributed by atoms with Gasteiger partial charge in [0.15, 0.2) is 5.89 Å². The lowest BCUT2D eigenvalue weighted by atomic mass is 10.2. The highest BCUT2D eigenvalue weighted by Gasteiger charge is 2.14. The number of imidazole rings is 1. The van der Waals surface area contributed by atoms with E-state index in [0.29, 0.717) is 24.3 Å². The quantitative estimate of drug-likeness (QED) is 0.548. The summed E-state index contributed by atoms with van der Waals surface area (Å²) in [4.78, 5) is 21.1. The van der Waals surface area contributed by atoms with Crippen LogP contribution in [0.3, 0.4) is 0 Å². The minimum atomic E-state index is -0.211. The molecule has 7 heteroatoms. The van der Waals surface area contributed by atoms with E-state index in [-0.39, 0.29) is 12.5 Å². The maximum absolute atomic E-state index is 12.5. The Morgan fingerprint density at radius 3 is 2.67 bits per heavy atom. The summed E-state index contributed by atoms with van der Waals surface area (Å²) >= 11 is 0. The average Bonchev–Trinajstić information content (AvgIpc) is 3.24. The first-order chi connectivity index (χ1) is 13.2. The number of aromatic nitrogens is 3. The van der Waals surface area contributed by atoms with Crippen LogP contribution in [-0.4, -0.2) is 20.4 Å². The third-order valence-electron chi connectivity index (χ3n) is 4.13. The van der Waals surface area contributed by atoms with Crippen molar-refractivity contribution >= 4 is 28.8 Å². The van der Waals surface area contributed by atoms with Crippen LogP contribution in [0, 0.1) is 6.92 Å². The SMILES string of the molecule is Cc1ncc(NC(=O)Cn2c(NCc3ccccc3)nc3ccccc32)o1. The number of fused-ring (bicyclic) bond motifs is 1. The lowest BCUT2D eigenvalue weighted by Gasteiger charge is -2.10. The number of hydrogen-bond donors (Lipinski definition) is 2. The van der Waals surface area contributed by atoms with E-state index >= 15 is 0 Å². The van der Waals surface area contributed by atoms with Crippen molar-refractivity contribution in [1.82, 2.24) is 14.5 Å². The molecule has 2 N–H and O–H groups in total. The van der Waals surface area contributed by atoms with Gasteiger partial charge < -0.3 is 14.3 Å². The second-order valence-corrected chi connectivity index (χ2v) is 6.14. The molecule has 4 rings (SSSR count). The van der Waals surface area contributed by atoms with Gasteiger partial charge in [0.05, 0.1) is 17.2 Å². The Bertz CT molecular complexity index is 1070. The minimum absolute atomic E-state index is 0.109. The number of rotatable bonds is 6. The standard InChI is InChI=1S/C20H19N5O2/c1-14-21-12-19(27-14)24-18(26)13-25-17-10-6-5-9-16(17)23-20(25)22-11-15-7-3-2-4-8-15/h2-10,12H,11,13H2,1H3,(H,22,23)(H,24,26). The molecule has 0 saturated heterocycles. The van der Waals surface area contributed by atoms with Crippen molar-refractivity contribution in [2.45, 2.75) is 20.0 Å². The fourth-order valence-electron chi connectivity index (χ4n) is 2.89. The first-order valence-electron chi connectivity index (χ1n) is 8.64. The molecule has 0 fully saturated rings. The van der Waals surface area contributed by atoms with Gasteiger partial charge in [0.25, 0.3) is 0 Å². The number of aryl methyl sites for hydroxylation is 1. The summed E-state index contributed by atoms with van der Waals surface area (Å²) in [5.41, 5.74) is 2.85. The van der Waals surface area contributed by atoms with Crippen LogP contribution >= 0.6 is 0 Å². The summed E-state index contributed by atoms with van der Waals surface area (Å²) in [5.74, 6) is 1.27. The topological polar surface area (TPSA) is 85.0 Å². The Morgan fingerprint density at radius 2 is 1.89 bits per heavy atom. The fraction of sp³-hybridized carbons (Fsp3) is 0.150. The summed E-state index contributed by atoms with van der Waals surface area (Å²) in [6.07, 6.45) is 1.49. The lowest BCUT2D eigenvalue weighted by Crippen LogP contribution is -2.20. The number of carbonyl (C=O) groups excluding carboxylic acids is 1. The van der Waals surface area contributed by atoms with E-state index in [1.54, 1.807) is 6.92 Å². The zero-order chi connectivity index (χ0) is 18.6. The van der Waals surface area contributed by atoms with Gasteiger partial charge in [0.2, 0.25) is 17.7 Å². The van der Waals surface area contributed by atoms with Crippen LogP contribution in [0.4, 0.5) is 11.8 Å². The van der Waals surface area contributed by atoms with E-state index in [2.05, 4.69) is 20.6 Å². The van der Waals surface area contributed by atoms with Crippen LogP contribution in [0.5, 0.6) is 0 Å². The molecule has 2 aromatic carbocycles. The molecular formula is C20H19N5O2. The molecule has 0 saturated carbocycles. The molecule has 0 unspecified atom stereocenters. The molecule has 4 aromatic rings. The number of benzene rings is 2. The molecule has 0 aliphatic heterocycles. The summed E-state index contributed by atoms with van der Waals surface area (Å²) in [6, 6.07) is 17.8. The first-order valence-corrected chi connectivity index (χ1v) is 8.64. The van der Waals surface area contributed by atoms with E-state index in [1.165, 1.54) is 6.20 Å². The van der Waals surface area contributed by atoms with Gasteiger partial charge in [-0.15, -0.1) is 0 Å². The molecule has 0 radical (unpaired) electrons. The smallest absolute Gasteiger partial charge is 0.246 e. The van der Waals surface area contributed by atoms with E-state index in [9.17, 15) is 4.79 Å². The fourth-order valence-corrected chi connectivity index (χ4v) is 2.89. The molecular weight excluding hydrogens is 342 g/mol. The highest BCUT2D eigenvalue weighted by molar-refractivity contribution is 5.91. The van der Waals surface area contributed by atoms with E-state index in [4.69, 9.17) is 4.42 Å². The van der Waals surface area contributed by atoms with Gasteiger partial charge in [-0.2, -0.15) is 0 Å². The molecule has 27 heavy (non-hydrogen) atoms.